The fraction of sp³-hybridized carbons (Fsp3) is 0.333. The van der Waals surface area contributed by atoms with Crippen LogP contribution >= 0.6 is 0 Å². The lowest BCUT2D eigenvalue weighted by atomic mass is 10.1. The summed E-state index contributed by atoms with van der Waals surface area (Å²) in [5, 5.41) is 11.8. The van der Waals surface area contributed by atoms with Gasteiger partial charge in [0.1, 0.15) is 0 Å². The predicted octanol–water partition coefficient (Wildman–Crippen LogP) is 0.602. The number of hydrogen-bond donors (Lipinski definition) is 1. The van der Waals surface area contributed by atoms with Gasteiger partial charge in [-0.1, -0.05) is 0 Å². The van der Waals surface area contributed by atoms with E-state index in [1.807, 2.05) is 13.1 Å². The Hall–Kier alpha value is -1.86. The Kier molecular flexibility index (Phi) is 2.88. The topological polar surface area (TPSA) is 56.1 Å². The highest BCUT2D eigenvalue weighted by Gasteiger charge is 2.25. The Morgan fingerprint density at radius 3 is 2.50 bits per heavy atom. The Morgan fingerprint density at radius 1 is 1.44 bits per heavy atom. The minimum atomic E-state index is 0.0102. The summed E-state index contributed by atoms with van der Waals surface area (Å²) in [6.45, 7) is 1.72. The second-order valence-corrected chi connectivity index (χ2v) is 3.92. The molecule has 0 atom stereocenters. The maximum Gasteiger partial charge on any atom is 0.253 e. The van der Waals surface area contributed by atoms with E-state index in [1.54, 1.807) is 29.2 Å². The minimum Gasteiger partial charge on any atom is -0.336 e. The highest BCUT2D eigenvalue weighted by atomic mass is 16.2. The van der Waals surface area contributed by atoms with Crippen LogP contribution in [-0.2, 0) is 0 Å². The Balaban J connectivity index is 2.11. The maximum atomic E-state index is 12.0. The van der Waals surface area contributed by atoms with E-state index in [4.69, 9.17) is 5.26 Å². The van der Waals surface area contributed by atoms with Crippen LogP contribution in [0.2, 0.25) is 0 Å². The Labute approximate surface area is 94.5 Å². The van der Waals surface area contributed by atoms with E-state index < -0.39 is 0 Å². The molecule has 2 rings (SSSR count). The number of nitrogens with one attached hydrogen (secondary N) is 1. The van der Waals surface area contributed by atoms with Gasteiger partial charge in [-0.3, -0.25) is 4.79 Å². The first-order chi connectivity index (χ1) is 7.72. The van der Waals surface area contributed by atoms with Crippen LogP contribution in [0.3, 0.4) is 0 Å². The van der Waals surface area contributed by atoms with Gasteiger partial charge in [-0.15, -0.1) is 0 Å². The second-order valence-electron chi connectivity index (χ2n) is 3.92. The Morgan fingerprint density at radius 2 is 2.06 bits per heavy atom. The van der Waals surface area contributed by atoms with Gasteiger partial charge >= 0.3 is 0 Å². The molecule has 1 aromatic carbocycles. The van der Waals surface area contributed by atoms with Crippen molar-refractivity contribution in [1.82, 2.24) is 10.2 Å². The summed E-state index contributed by atoms with van der Waals surface area (Å²) < 4.78 is 0. The average molecular weight is 215 g/mol. The fourth-order valence-electron chi connectivity index (χ4n) is 1.60. The molecular formula is C12H13N3O. The largest absolute Gasteiger partial charge is 0.336 e. The van der Waals surface area contributed by atoms with E-state index >= 15 is 0 Å². The van der Waals surface area contributed by atoms with Gasteiger partial charge in [-0.25, -0.2) is 0 Å². The molecule has 1 aliphatic rings. The first-order valence-corrected chi connectivity index (χ1v) is 5.20. The fourth-order valence-corrected chi connectivity index (χ4v) is 1.60. The van der Waals surface area contributed by atoms with Gasteiger partial charge in [-0.05, 0) is 24.3 Å². The number of rotatable bonds is 2. The van der Waals surface area contributed by atoms with E-state index in [9.17, 15) is 4.79 Å². The van der Waals surface area contributed by atoms with Gasteiger partial charge in [-0.2, -0.15) is 5.26 Å². The summed E-state index contributed by atoms with van der Waals surface area (Å²) in [5.41, 5.74) is 1.21. The molecule has 0 aromatic heterocycles. The van der Waals surface area contributed by atoms with Crippen molar-refractivity contribution < 1.29 is 4.79 Å². The molecule has 4 heteroatoms. The van der Waals surface area contributed by atoms with Gasteiger partial charge in [0.15, 0.2) is 0 Å². The first-order valence-electron chi connectivity index (χ1n) is 5.20. The van der Waals surface area contributed by atoms with E-state index in [0.29, 0.717) is 17.2 Å². The number of carbonyl (C=O) groups is 1. The molecule has 1 fully saturated rings. The van der Waals surface area contributed by atoms with Crippen LogP contribution in [0.5, 0.6) is 0 Å². The van der Waals surface area contributed by atoms with Crippen LogP contribution in [0.1, 0.15) is 15.9 Å². The first kappa shape index (κ1) is 10.7. The van der Waals surface area contributed by atoms with E-state index in [2.05, 4.69) is 5.32 Å². The van der Waals surface area contributed by atoms with Crippen molar-refractivity contribution in [3.63, 3.8) is 0 Å². The van der Waals surface area contributed by atoms with Crippen molar-refractivity contribution in [2.75, 3.05) is 20.1 Å². The van der Waals surface area contributed by atoms with Gasteiger partial charge in [0.25, 0.3) is 5.91 Å². The molecule has 1 N–H and O–H groups in total. The number of carbonyl (C=O) groups excluding carboxylic acids is 1. The third-order valence-electron chi connectivity index (χ3n) is 2.89. The highest BCUT2D eigenvalue weighted by molar-refractivity contribution is 5.94. The van der Waals surface area contributed by atoms with Gasteiger partial charge < -0.3 is 10.2 Å². The van der Waals surface area contributed by atoms with Crippen LogP contribution in [0.25, 0.3) is 0 Å². The molecule has 1 aliphatic heterocycles. The monoisotopic (exact) mass is 215 g/mol. The van der Waals surface area contributed by atoms with Crippen molar-refractivity contribution in [3.8, 4) is 6.07 Å². The van der Waals surface area contributed by atoms with Crippen molar-refractivity contribution in [3.05, 3.63) is 35.4 Å². The van der Waals surface area contributed by atoms with Crippen LogP contribution in [0.4, 0.5) is 0 Å². The van der Waals surface area contributed by atoms with Gasteiger partial charge in [0, 0.05) is 25.7 Å². The maximum absolute atomic E-state index is 12.0. The summed E-state index contributed by atoms with van der Waals surface area (Å²) in [6.07, 6.45) is 0. The number of hydrogen-bond acceptors (Lipinski definition) is 3. The molecule has 1 heterocycles. The summed E-state index contributed by atoms with van der Waals surface area (Å²) in [5.74, 6) is 0.0102. The average Bonchev–Trinajstić information content (AvgIpc) is 2.26. The van der Waals surface area contributed by atoms with Crippen molar-refractivity contribution in [2.45, 2.75) is 6.04 Å². The molecule has 1 amide bonds. The van der Waals surface area contributed by atoms with Crippen molar-refractivity contribution in [2.24, 2.45) is 0 Å². The van der Waals surface area contributed by atoms with Crippen LogP contribution in [0.15, 0.2) is 24.3 Å². The molecular weight excluding hydrogens is 202 g/mol. The van der Waals surface area contributed by atoms with Gasteiger partial charge in [0.05, 0.1) is 17.7 Å². The quantitative estimate of drug-likeness (QED) is 0.786. The number of nitrogens with zero attached hydrogens (tertiary/aromatic N) is 2. The number of likely N-dealkylation sites (N-methyl/N-ethyl adjacent to an activating group) is 1. The molecule has 0 radical (unpaired) electrons. The molecule has 0 aliphatic carbocycles. The molecule has 4 nitrogen and oxygen atoms in total. The second kappa shape index (κ2) is 4.33. The van der Waals surface area contributed by atoms with E-state index in [-0.39, 0.29) is 5.91 Å². The van der Waals surface area contributed by atoms with E-state index in [0.717, 1.165) is 13.1 Å². The third kappa shape index (κ3) is 1.90. The van der Waals surface area contributed by atoms with Crippen LogP contribution in [0, 0.1) is 11.3 Å². The van der Waals surface area contributed by atoms with Gasteiger partial charge in [0.2, 0.25) is 0 Å². The molecule has 82 valence electrons. The standard InChI is InChI=1S/C12H13N3O/c1-15(11-7-14-8-11)12(16)10-4-2-9(6-13)3-5-10/h2-5,11,14H,7-8H2,1H3. The summed E-state index contributed by atoms with van der Waals surface area (Å²) in [7, 11) is 1.81. The third-order valence-corrected chi connectivity index (χ3v) is 2.89. The zero-order valence-corrected chi connectivity index (χ0v) is 9.10. The highest BCUT2D eigenvalue weighted by Crippen LogP contribution is 2.10. The molecule has 0 spiro atoms. The van der Waals surface area contributed by atoms with Crippen molar-refractivity contribution in [1.29, 1.82) is 5.26 Å². The van der Waals surface area contributed by atoms with E-state index in [1.165, 1.54) is 0 Å². The molecule has 0 bridgehead atoms. The van der Waals surface area contributed by atoms with Crippen LogP contribution < -0.4 is 5.32 Å². The van der Waals surface area contributed by atoms with Crippen molar-refractivity contribution >= 4 is 5.91 Å². The number of nitriles is 1. The summed E-state index contributed by atoms with van der Waals surface area (Å²) >= 11 is 0. The molecule has 0 saturated carbocycles. The summed E-state index contributed by atoms with van der Waals surface area (Å²) in [6, 6.07) is 9.06. The lowest BCUT2D eigenvalue weighted by Gasteiger charge is -2.35. The summed E-state index contributed by atoms with van der Waals surface area (Å²) in [4.78, 5) is 13.7. The normalized spacial score (nSPS) is 15.0. The predicted molar refractivity (Wildman–Crippen MR) is 59.9 cm³/mol. The minimum absolute atomic E-state index is 0.0102. The molecule has 1 aromatic rings. The van der Waals surface area contributed by atoms with Crippen LogP contribution in [-0.4, -0.2) is 37.0 Å². The Bertz CT molecular complexity index is 429. The molecule has 16 heavy (non-hydrogen) atoms. The zero-order valence-electron chi connectivity index (χ0n) is 9.10. The molecule has 0 unspecified atom stereocenters. The number of benzene rings is 1. The SMILES string of the molecule is CN(C(=O)c1ccc(C#N)cc1)C1CNC1. The molecule has 1 saturated heterocycles. The smallest absolute Gasteiger partial charge is 0.253 e. The number of amides is 1. The zero-order chi connectivity index (χ0) is 11.5. The lowest BCUT2D eigenvalue weighted by molar-refractivity contribution is 0.0681. The lowest BCUT2D eigenvalue weighted by Crippen LogP contribution is -2.57.